The molecule has 0 bridgehead atoms. The quantitative estimate of drug-likeness (QED) is 0.740. The van der Waals surface area contributed by atoms with E-state index in [0.717, 1.165) is 0 Å². The molecule has 1 unspecified atom stereocenters. The van der Waals surface area contributed by atoms with Crippen LogP contribution in [0, 0.1) is 5.92 Å². The summed E-state index contributed by atoms with van der Waals surface area (Å²) in [5.41, 5.74) is 0. The van der Waals surface area contributed by atoms with Gasteiger partial charge in [-0.25, -0.2) is 13.1 Å². The first-order valence-corrected chi connectivity index (χ1v) is 7.07. The first kappa shape index (κ1) is 14.7. The summed E-state index contributed by atoms with van der Waals surface area (Å²) >= 11 is 0. The maximum atomic E-state index is 11.9. The Labute approximate surface area is 106 Å². The number of carbonyl (C=O) groups is 1. The van der Waals surface area contributed by atoms with Crippen LogP contribution in [0.4, 0.5) is 0 Å². The van der Waals surface area contributed by atoms with Crippen molar-refractivity contribution >= 4 is 16.0 Å². The van der Waals surface area contributed by atoms with E-state index < -0.39 is 21.9 Å². The fraction of sp³-hybridized carbons (Fsp3) is 0.600. The second-order valence-corrected chi connectivity index (χ2v) is 5.68. The Hall–Kier alpha value is -1.41. The van der Waals surface area contributed by atoms with Gasteiger partial charge in [0.05, 0.1) is 12.1 Å². The highest BCUT2D eigenvalue weighted by Gasteiger charge is 2.22. The molecular weight excluding hydrogens is 258 g/mol. The lowest BCUT2D eigenvalue weighted by Gasteiger charge is -2.12. The van der Waals surface area contributed by atoms with Crippen molar-refractivity contribution in [1.82, 2.24) is 14.5 Å². The molecule has 1 rings (SSSR count). The van der Waals surface area contributed by atoms with Gasteiger partial charge < -0.3 is 5.11 Å². The van der Waals surface area contributed by atoms with Gasteiger partial charge in [0.2, 0.25) is 0 Å². The number of nitrogens with one attached hydrogen (secondary N) is 1. The fourth-order valence-corrected chi connectivity index (χ4v) is 2.77. The molecule has 0 saturated carbocycles. The van der Waals surface area contributed by atoms with Crippen LogP contribution < -0.4 is 4.72 Å². The van der Waals surface area contributed by atoms with Crippen molar-refractivity contribution < 1.29 is 18.3 Å². The molecule has 8 heteroatoms. The molecule has 0 radical (unpaired) electrons. The van der Waals surface area contributed by atoms with Crippen LogP contribution >= 0.6 is 0 Å². The summed E-state index contributed by atoms with van der Waals surface area (Å²) in [6.07, 6.45) is 2.49. The number of aromatic nitrogens is 2. The Bertz CT molecular complexity index is 509. The van der Waals surface area contributed by atoms with Gasteiger partial charge >= 0.3 is 5.97 Å². The molecule has 0 fully saturated rings. The van der Waals surface area contributed by atoms with Crippen molar-refractivity contribution in [2.24, 2.45) is 13.0 Å². The predicted octanol–water partition coefficient (Wildman–Crippen LogP) is 0.199. The Morgan fingerprint density at radius 3 is 2.72 bits per heavy atom. The summed E-state index contributed by atoms with van der Waals surface area (Å²) in [7, 11) is -2.20. The van der Waals surface area contributed by atoms with Crippen molar-refractivity contribution in [2.75, 3.05) is 6.54 Å². The Morgan fingerprint density at radius 1 is 1.61 bits per heavy atom. The number of hydrogen-bond donors (Lipinski definition) is 2. The van der Waals surface area contributed by atoms with E-state index >= 15 is 0 Å². The van der Waals surface area contributed by atoms with Gasteiger partial charge in [-0.15, -0.1) is 0 Å². The first-order chi connectivity index (χ1) is 8.38. The minimum atomic E-state index is -3.71. The van der Waals surface area contributed by atoms with Crippen LogP contribution in [0.3, 0.4) is 0 Å². The fourth-order valence-electron chi connectivity index (χ4n) is 1.57. The summed E-state index contributed by atoms with van der Waals surface area (Å²) in [6, 6.07) is 1.36. The highest BCUT2D eigenvalue weighted by molar-refractivity contribution is 7.89. The van der Waals surface area contributed by atoms with Crippen molar-refractivity contribution in [3.63, 3.8) is 0 Å². The number of aliphatic carboxylic acids is 1. The van der Waals surface area contributed by atoms with E-state index in [0.29, 0.717) is 12.8 Å². The molecule has 0 amide bonds. The maximum absolute atomic E-state index is 11.9. The van der Waals surface area contributed by atoms with Gasteiger partial charge in [0.15, 0.2) is 5.03 Å². The van der Waals surface area contributed by atoms with Crippen molar-refractivity contribution in [3.8, 4) is 0 Å². The second-order valence-electron chi connectivity index (χ2n) is 3.97. The molecule has 0 aliphatic carbocycles. The third-order valence-electron chi connectivity index (χ3n) is 2.56. The maximum Gasteiger partial charge on any atom is 0.307 e. The third kappa shape index (κ3) is 3.54. The number of nitrogens with zero attached hydrogens (tertiary/aromatic N) is 2. The Kier molecular flexibility index (Phi) is 4.85. The van der Waals surface area contributed by atoms with E-state index in [9.17, 15) is 13.2 Å². The van der Waals surface area contributed by atoms with E-state index in [1.165, 1.54) is 24.0 Å². The van der Waals surface area contributed by atoms with Crippen LogP contribution in [0.1, 0.15) is 19.8 Å². The van der Waals surface area contributed by atoms with E-state index in [1.54, 1.807) is 0 Å². The number of hydrogen-bond acceptors (Lipinski definition) is 4. The summed E-state index contributed by atoms with van der Waals surface area (Å²) in [4.78, 5) is 10.9. The lowest BCUT2D eigenvalue weighted by Crippen LogP contribution is -2.33. The summed E-state index contributed by atoms with van der Waals surface area (Å²) in [5, 5.41) is 12.7. The smallest absolute Gasteiger partial charge is 0.307 e. The van der Waals surface area contributed by atoms with E-state index in [1.807, 2.05) is 6.92 Å². The first-order valence-electron chi connectivity index (χ1n) is 5.59. The molecule has 0 spiro atoms. The standard InChI is InChI=1S/C10H17N3O4S/c1-3-4-8(10(14)15)7-12-18(16,17)9-5-6-11-13(9)2/h5-6,8,12H,3-4,7H2,1-2H3,(H,14,15). The average molecular weight is 275 g/mol. The number of sulfonamides is 1. The van der Waals surface area contributed by atoms with Gasteiger partial charge in [0.1, 0.15) is 0 Å². The van der Waals surface area contributed by atoms with E-state index in [4.69, 9.17) is 5.11 Å². The molecule has 102 valence electrons. The minimum absolute atomic E-state index is 0.0168. The molecular formula is C10H17N3O4S. The van der Waals surface area contributed by atoms with Crippen molar-refractivity contribution in [3.05, 3.63) is 12.3 Å². The molecule has 1 aromatic heterocycles. The lowest BCUT2D eigenvalue weighted by molar-refractivity contribution is -0.141. The second kappa shape index (κ2) is 5.96. The molecule has 2 N–H and O–H groups in total. The Balaban J connectivity index is 2.73. The molecule has 0 aliphatic heterocycles. The normalized spacial score (nSPS) is 13.4. The molecule has 7 nitrogen and oxygen atoms in total. The SMILES string of the molecule is CCCC(CNS(=O)(=O)c1ccnn1C)C(=O)O. The number of carboxylic acids is 1. The van der Waals surface area contributed by atoms with Crippen molar-refractivity contribution in [2.45, 2.75) is 24.8 Å². The molecule has 0 aromatic carbocycles. The Morgan fingerprint density at radius 2 is 2.28 bits per heavy atom. The number of carboxylic acid groups (broad SMARTS) is 1. The molecule has 1 atom stereocenters. The zero-order valence-corrected chi connectivity index (χ0v) is 11.1. The molecule has 0 saturated heterocycles. The van der Waals surface area contributed by atoms with Gasteiger partial charge in [-0.2, -0.15) is 5.10 Å². The van der Waals surface area contributed by atoms with Gasteiger partial charge in [0, 0.05) is 13.6 Å². The number of aryl methyl sites for hydroxylation is 1. The topological polar surface area (TPSA) is 101 Å². The highest BCUT2D eigenvalue weighted by atomic mass is 32.2. The lowest BCUT2D eigenvalue weighted by atomic mass is 10.1. The number of rotatable bonds is 7. The minimum Gasteiger partial charge on any atom is -0.481 e. The van der Waals surface area contributed by atoms with Gasteiger partial charge in [-0.05, 0) is 12.5 Å². The van der Waals surface area contributed by atoms with Crippen LogP contribution in [-0.2, 0) is 21.9 Å². The molecule has 1 heterocycles. The monoisotopic (exact) mass is 275 g/mol. The van der Waals surface area contributed by atoms with Gasteiger partial charge in [-0.3, -0.25) is 9.48 Å². The van der Waals surface area contributed by atoms with Crippen LogP contribution in [0.5, 0.6) is 0 Å². The predicted molar refractivity (Wildman–Crippen MR) is 64.4 cm³/mol. The van der Waals surface area contributed by atoms with Crippen LogP contribution in [0.2, 0.25) is 0 Å². The average Bonchev–Trinajstić information content (AvgIpc) is 2.71. The van der Waals surface area contributed by atoms with E-state index in [2.05, 4.69) is 9.82 Å². The molecule has 18 heavy (non-hydrogen) atoms. The van der Waals surface area contributed by atoms with Crippen LogP contribution in [0.25, 0.3) is 0 Å². The summed E-state index contributed by atoms with van der Waals surface area (Å²) in [6.45, 7) is 1.74. The summed E-state index contributed by atoms with van der Waals surface area (Å²) < 4.78 is 27.3. The molecule has 0 aliphatic rings. The third-order valence-corrected chi connectivity index (χ3v) is 4.06. The zero-order chi connectivity index (χ0) is 13.8. The largest absolute Gasteiger partial charge is 0.481 e. The van der Waals surface area contributed by atoms with Crippen LogP contribution in [-0.4, -0.2) is 35.8 Å². The van der Waals surface area contributed by atoms with Gasteiger partial charge in [-0.1, -0.05) is 13.3 Å². The highest BCUT2D eigenvalue weighted by Crippen LogP contribution is 2.09. The van der Waals surface area contributed by atoms with E-state index in [-0.39, 0.29) is 11.6 Å². The van der Waals surface area contributed by atoms with Crippen molar-refractivity contribution in [1.29, 1.82) is 0 Å². The zero-order valence-electron chi connectivity index (χ0n) is 10.3. The van der Waals surface area contributed by atoms with Gasteiger partial charge in [0.25, 0.3) is 10.0 Å². The summed E-state index contributed by atoms with van der Waals surface area (Å²) in [5.74, 6) is -1.71. The molecule has 1 aromatic rings. The van der Waals surface area contributed by atoms with Crippen LogP contribution in [0.15, 0.2) is 17.3 Å².